The second-order valence-corrected chi connectivity index (χ2v) is 62.6. The fourth-order valence-electron chi connectivity index (χ4n) is 12.2. The quantitative estimate of drug-likeness (QED) is 0.154. The first-order chi connectivity index (χ1) is 30.1. The van der Waals surface area contributed by atoms with Crippen molar-refractivity contribution in [2.45, 2.75) is 160 Å². The number of rotatable bonds is 6. The van der Waals surface area contributed by atoms with Crippen LogP contribution in [-0.2, 0) is 44.1 Å². The van der Waals surface area contributed by atoms with Gasteiger partial charge in [-0.05, 0) is 0 Å². The Morgan fingerprint density at radius 2 is 0.985 bits per heavy atom. The van der Waals surface area contributed by atoms with E-state index in [0.29, 0.717) is 0 Å². The van der Waals surface area contributed by atoms with Crippen molar-refractivity contribution in [3.8, 4) is 39.1 Å². The van der Waals surface area contributed by atoms with Crippen molar-refractivity contribution in [1.29, 1.82) is 0 Å². The summed E-state index contributed by atoms with van der Waals surface area (Å²) in [6, 6.07) is 24.1. The molecule has 0 radical (unpaired) electrons. The molecular formula is C60H74Cl2OSiZr. The predicted molar refractivity (Wildman–Crippen MR) is 285 cm³/mol. The Hall–Kier alpha value is -2.94. The van der Waals surface area contributed by atoms with E-state index in [1.54, 1.807) is 0 Å². The van der Waals surface area contributed by atoms with Gasteiger partial charge in [-0.25, -0.2) is 0 Å². The summed E-state index contributed by atoms with van der Waals surface area (Å²) in [5, 5.41) is 0. The molecule has 65 heavy (non-hydrogen) atoms. The van der Waals surface area contributed by atoms with Gasteiger partial charge in [-0.1, -0.05) is 0 Å². The molecule has 0 aromatic heterocycles. The Labute approximate surface area is 401 Å². The van der Waals surface area contributed by atoms with E-state index in [4.69, 9.17) is 4.74 Å². The average Bonchev–Trinajstić information content (AvgIpc) is 3.89. The number of methoxy groups -OCH3 is 1. The van der Waals surface area contributed by atoms with Gasteiger partial charge in [0.05, 0.1) is 0 Å². The molecule has 5 aromatic rings. The molecule has 0 saturated carbocycles. The summed E-state index contributed by atoms with van der Waals surface area (Å²) >= 11 is -5.32. The van der Waals surface area contributed by atoms with Gasteiger partial charge >= 0.3 is 404 Å². The maximum atomic E-state index is 9.23. The molecule has 0 aliphatic heterocycles. The van der Waals surface area contributed by atoms with Gasteiger partial charge in [-0.3, -0.25) is 0 Å². The number of aryl methyl sites for hydroxylation is 4. The van der Waals surface area contributed by atoms with Crippen LogP contribution in [0.3, 0.4) is 0 Å². The van der Waals surface area contributed by atoms with Crippen LogP contribution in [0.4, 0.5) is 0 Å². The van der Waals surface area contributed by atoms with Crippen molar-refractivity contribution in [2.75, 3.05) is 7.11 Å². The normalized spacial score (nSPS) is 17.5. The van der Waals surface area contributed by atoms with Gasteiger partial charge in [-0.15, -0.1) is 0 Å². The van der Waals surface area contributed by atoms with Gasteiger partial charge in [0.1, 0.15) is 0 Å². The van der Waals surface area contributed by atoms with Gasteiger partial charge in [0, 0.05) is 0 Å². The van der Waals surface area contributed by atoms with Crippen molar-refractivity contribution in [3.05, 3.63) is 144 Å². The summed E-state index contributed by atoms with van der Waals surface area (Å²) in [4.78, 5) is 0. The van der Waals surface area contributed by atoms with E-state index in [-0.39, 0.29) is 23.5 Å². The zero-order valence-corrected chi connectivity index (χ0v) is 47.8. The predicted octanol–water partition coefficient (Wildman–Crippen LogP) is 18.2. The molecule has 0 amide bonds. The zero-order chi connectivity index (χ0) is 47.7. The number of fused-ring (bicyclic) bond motifs is 3. The Balaban J connectivity index is 1.51. The van der Waals surface area contributed by atoms with E-state index in [1.807, 2.05) is 7.11 Å². The van der Waals surface area contributed by atoms with E-state index < -0.39 is 20.4 Å². The van der Waals surface area contributed by atoms with Crippen molar-refractivity contribution in [1.82, 2.24) is 0 Å². The number of allylic oxidation sites excluding steroid dienone is 2. The van der Waals surface area contributed by atoms with Crippen LogP contribution in [0, 0.1) is 27.7 Å². The molecule has 342 valence electrons. The van der Waals surface area contributed by atoms with Crippen LogP contribution in [-0.4, -0.2) is 12.5 Å². The molecule has 0 fully saturated rings. The van der Waals surface area contributed by atoms with Crippen molar-refractivity contribution in [3.63, 3.8) is 0 Å². The third kappa shape index (κ3) is 8.01. The zero-order valence-electron chi connectivity index (χ0n) is 42.9. The van der Waals surface area contributed by atoms with Crippen molar-refractivity contribution < 1.29 is 19.7 Å². The molecule has 5 aromatic carbocycles. The maximum absolute atomic E-state index is 9.23. The number of benzene rings is 5. The van der Waals surface area contributed by atoms with Crippen LogP contribution in [0.2, 0.25) is 13.1 Å². The first-order valence-electron chi connectivity index (χ1n) is 24.1. The van der Waals surface area contributed by atoms with E-state index in [2.05, 4.69) is 190 Å². The molecule has 5 heteroatoms. The summed E-state index contributed by atoms with van der Waals surface area (Å²) < 4.78 is 6.50. The summed E-state index contributed by atoms with van der Waals surface area (Å²) in [7, 11) is 20.3. The summed E-state index contributed by atoms with van der Waals surface area (Å²) in [5.74, 6) is 0.956. The Bertz CT molecular complexity index is 2910. The Morgan fingerprint density at radius 1 is 0.538 bits per heavy atom. The molecular weight excluding hydrogens is 927 g/mol. The minimum absolute atomic E-state index is 0.0462. The van der Waals surface area contributed by atoms with Crippen molar-refractivity contribution >= 4 is 34.6 Å². The topological polar surface area (TPSA) is 9.23 Å². The number of hydrogen-bond acceptors (Lipinski definition) is 1. The number of halogens is 2. The molecule has 0 spiro atoms. The van der Waals surface area contributed by atoms with Gasteiger partial charge in [-0.2, -0.15) is 0 Å². The Morgan fingerprint density at radius 3 is 1.45 bits per heavy atom. The van der Waals surface area contributed by atoms with Gasteiger partial charge in [0.15, 0.2) is 0 Å². The average molecular weight is 1000 g/mol. The molecule has 0 heterocycles. The molecule has 0 bridgehead atoms. The molecule has 0 saturated heterocycles. The monoisotopic (exact) mass is 998 g/mol. The summed E-state index contributed by atoms with van der Waals surface area (Å²) in [5.41, 5.74) is 26.2. The van der Waals surface area contributed by atoms with Crippen LogP contribution >= 0.6 is 17.0 Å². The minimum atomic E-state index is -5.32. The van der Waals surface area contributed by atoms with E-state index >= 15 is 0 Å². The SMILES string of the molecule is COc1c(C(C)(C)C)cc2c(c1-c1cc(C(C)(C)C)cc(C(C)(C)C)c1)C=C(C)[CH]2[Zr]([Cl])([Cl])([CH]1C(C)=Cc2c(-c3cc(C)cc(C)c3)c3c(c(-c4cc(C)cc(C)c4)c21)CCC3)=[Si](C)C. The molecule has 2 unspecified atom stereocenters. The molecule has 2 atom stereocenters. The molecule has 3 aliphatic rings. The fourth-order valence-corrected chi connectivity index (χ4v) is 42.5. The third-order valence-corrected chi connectivity index (χ3v) is 62.2. The Kier molecular flexibility index (Phi) is 12.2. The van der Waals surface area contributed by atoms with Gasteiger partial charge < -0.3 is 0 Å². The van der Waals surface area contributed by atoms with Gasteiger partial charge in [0.25, 0.3) is 0 Å². The van der Waals surface area contributed by atoms with Crippen LogP contribution in [0.5, 0.6) is 5.75 Å². The van der Waals surface area contributed by atoms with Crippen LogP contribution in [0.15, 0.2) is 71.8 Å². The molecule has 0 N–H and O–H groups in total. The number of ether oxygens (including phenoxy) is 1. The molecule has 3 aliphatic carbocycles. The standard InChI is InChI=1S/C29H39O.C29H29.C2H6Si.2ClH.Zr/c1-18-12-19-16-24(29(8,9)10)26(30-11)25(23(19)13-18)20-14-21(27(2,3)4)17-22(15-20)28(5,6)7;1-17-9-18(2)12-22(11-17)28-24-7-6-8-25(24)29(27-16-21(5)15-26(27)28)23-13-19(3)10-20(4)14-23;1-3-2;;;/h12-17H,1-11H3;9-16H,6-8H2,1-5H3;1-2H3;2*1H;/q;;;;;+2/p-2. The van der Waals surface area contributed by atoms with Crippen LogP contribution < -0.4 is 4.74 Å². The second-order valence-electron chi connectivity index (χ2n) is 23.8. The third-order valence-electron chi connectivity index (χ3n) is 15.3. The first-order valence-corrected chi connectivity index (χ1v) is 39.5. The molecule has 1 nitrogen and oxygen atoms in total. The van der Waals surface area contributed by atoms with E-state index in [9.17, 15) is 17.0 Å². The van der Waals surface area contributed by atoms with Crippen LogP contribution in [0.25, 0.3) is 45.5 Å². The van der Waals surface area contributed by atoms with E-state index in [1.165, 1.54) is 117 Å². The number of hydrogen-bond donors (Lipinski definition) is 0. The van der Waals surface area contributed by atoms with Gasteiger partial charge in [0.2, 0.25) is 0 Å². The molecule has 8 rings (SSSR count). The fraction of sp³-hybridized carbons (Fsp3) is 0.433. The summed E-state index contributed by atoms with van der Waals surface area (Å²) in [6.45, 7) is 39.6. The second kappa shape index (κ2) is 16.4. The first kappa shape index (κ1) is 48.5. The summed E-state index contributed by atoms with van der Waals surface area (Å²) in [6.07, 6.45) is 8.31. The van der Waals surface area contributed by atoms with E-state index in [0.717, 1.165) is 25.0 Å². The van der Waals surface area contributed by atoms with Crippen molar-refractivity contribution in [2.24, 2.45) is 0 Å². The van der Waals surface area contributed by atoms with Crippen LogP contribution in [0.1, 0.15) is 162 Å².